The van der Waals surface area contributed by atoms with Gasteiger partial charge >= 0.3 is 0 Å². The minimum Gasteiger partial charge on any atom is -0.493 e. The van der Waals surface area contributed by atoms with Gasteiger partial charge in [-0.3, -0.25) is 0 Å². The molecule has 104 valence electrons. The van der Waals surface area contributed by atoms with Crippen LogP contribution in [0, 0.1) is 0 Å². The molecule has 1 aliphatic heterocycles. The maximum atomic E-state index is 5.74. The third kappa shape index (κ3) is 2.02. The molecule has 0 saturated heterocycles. The van der Waals surface area contributed by atoms with E-state index in [2.05, 4.69) is 29.6 Å². The van der Waals surface area contributed by atoms with Gasteiger partial charge in [-0.2, -0.15) is 0 Å². The van der Waals surface area contributed by atoms with Gasteiger partial charge in [0, 0.05) is 36.1 Å². The Labute approximate surface area is 118 Å². The standard InChI is InChI=1S/C17H19NO2/c1-2-6-16-12(4-1)15(9-11-20-16)18-14-5-3-7-17-13(14)8-10-19-17/h1-2,4,6,8,10,14-15,18H,3,5,7,9,11H2. The molecular weight excluding hydrogens is 250 g/mol. The summed E-state index contributed by atoms with van der Waals surface area (Å²) in [6, 6.07) is 11.3. The Bertz CT molecular complexity index is 605. The van der Waals surface area contributed by atoms with Gasteiger partial charge in [-0.1, -0.05) is 18.2 Å². The SMILES string of the molecule is c1ccc2c(c1)OCCC2NC1CCCc2occc21. The molecule has 0 amide bonds. The van der Waals surface area contributed by atoms with Crippen LogP contribution in [0.2, 0.25) is 0 Å². The van der Waals surface area contributed by atoms with Gasteiger partial charge in [0.15, 0.2) is 0 Å². The van der Waals surface area contributed by atoms with Crippen LogP contribution in [0.3, 0.4) is 0 Å². The van der Waals surface area contributed by atoms with Crippen molar-refractivity contribution in [2.45, 2.75) is 37.8 Å². The fourth-order valence-corrected chi connectivity index (χ4v) is 3.42. The highest BCUT2D eigenvalue weighted by atomic mass is 16.5. The van der Waals surface area contributed by atoms with Crippen molar-refractivity contribution < 1.29 is 9.15 Å². The van der Waals surface area contributed by atoms with E-state index in [1.807, 2.05) is 12.3 Å². The molecule has 1 aliphatic carbocycles. The molecule has 1 aromatic carbocycles. The van der Waals surface area contributed by atoms with Crippen LogP contribution in [-0.2, 0) is 6.42 Å². The Morgan fingerprint density at radius 1 is 1.00 bits per heavy atom. The Hall–Kier alpha value is -1.74. The summed E-state index contributed by atoms with van der Waals surface area (Å²) in [7, 11) is 0. The monoisotopic (exact) mass is 269 g/mol. The minimum absolute atomic E-state index is 0.380. The average Bonchev–Trinajstić information content (AvgIpc) is 2.97. The number of ether oxygens (including phenoxy) is 1. The van der Waals surface area contributed by atoms with Gasteiger partial charge in [-0.15, -0.1) is 0 Å². The normalized spacial score (nSPS) is 24.6. The zero-order valence-corrected chi connectivity index (χ0v) is 11.5. The summed E-state index contributed by atoms with van der Waals surface area (Å²) in [5.74, 6) is 2.19. The second-order valence-electron chi connectivity index (χ2n) is 5.64. The topological polar surface area (TPSA) is 34.4 Å². The smallest absolute Gasteiger partial charge is 0.124 e. The van der Waals surface area contributed by atoms with Gasteiger partial charge in [0.1, 0.15) is 11.5 Å². The van der Waals surface area contributed by atoms with Crippen molar-refractivity contribution in [3.8, 4) is 5.75 Å². The highest BCUT2D eigenvalue weighted by Gasteiger charge is 2.28. The van der Waals surface area contributed by atoms with Crippen molar-refractivity contribution in [2.24, 2.45) is 0 Å². The first kappa shape index (κ1) is 12.0. The van der Waals surface area contributed by atoms with Gasteiger partial charge in [-0.25, -0.2) is 0 Å². The summed E-state index contributed by atoms with van der Waals surface area (Å²) in [4.78, 5) is 0. The van der Waals surface area contributed by atoms with Gasteiger partial charge in [0.25, 0.3) is 0 Å². The molecule has 3 heteroatoms. The molecule has 0 bridgehead atoms. The minimum atomic E-state index is 0.380. The van der Waals surface area contributed by atoms with Crippen LogP contribution in [0.1, 0.15) is 48.2 Å². The molecule has 0 spiro atoms. The number of furan rings is 1. The summed E-state index contributed by atoms with van der Waals surface area (Å²) in [6.07, 6.45) is 6.31. The number of fused-ring (bicyclic) bond motifs is 2. The molecule has 2 aromatic rings. The van der Waals surface area contributed by atoms with E-state index in [0.717, 1.165) is 31.0 Å². The van der Waals surface area contributed by atoms with Crippen LogP contribution < -0.4 is 10.1 Å². The molecule has 2 heterocycles. The predicted octanol–water partition coefficient (Wildman–Crippen LogP) is 3.77. The lowest BCUT2D eigenvalue weighted by Gasteiger charge is -2.32. The van der Waals surface area contributed by atoms with Gasteiger partial charge in [0.2, 0.25) is 0 Å². The third-order valence-corrected chi connectivity index (χ3v) is 4.41. The summed E-state index contributed by atoms with van der Waals surface area (Å²) in [5.41, 5.74) is 2.63. The summed E-state index contributed by atoms with van der Waals surface area (Å²) in [6.45, 7) is 0.791. The Balaban J connectivity index is 1.60. The number of para-hydroxylation sites is 1. The molecule has 0 radical (unpaired) electrons. The first-order valence-corrected chi connectivity index (χ1v) is 7.46. The molecule has 3 nitrogen and oxygen atoms in total. The lowest BCUT2D eigenvalue weighted by Crippen LogP contribution is -2.32. The largest absolute Gasteiger partial charge is 0.493 e. The van der Waals surface area contributed by atoms with E-state index < -0.39 is 0 Å². The van der Waals surface area contributed by atoms with Gasteiger partial charge in [-0.05, 0) is 25.0 Å². The van der Waals surface area contributed by atoms with E-state index in [0.29, 0.717) is 12.1 Å². The Morgan fingerprint density at radius 3 is 2.90 bits per heavy atom. The second kappa shape index (κ2) is 4.98. The lowest BCUT2D eigenvalue weighted by atomic mass is 9.91. The highest BCUT2D eigenvalue weighted by Crippen LogP contribution is 2.37. The molecule has 20 heavy (non-hydrogen) atoms. The first-order valence-electron chi connectivity index (χ1n) is 7.46. The summed E-state index contributed by atoms with van der Waals surface area (Å²) in [5, 5.41) is 3.82. The van der Waals surface area contributed by atoms with E-state index in [1.54, 1.807) is 0 Å². The molecule has 2 aliphatic rings. The fraction of sp³-hybridized carbons (Fsp3) is 0.412. The fourth-order valence-electron chi connectivity index (χ4n) is 3.42. The predicted molar refractivity (Wildman–Crippen MR) is 76.8 cm³/mol. The van der Waals surface area contributed by atoms with Crippen LogP contribution in [0.4, 0.5) is 0 Å². The van der Waals surface area contributed by atoms with Crippen molar-refractivity contribution in [1.82, 2.24) is 5.32 Å². The maximum Gasteiger partial charge on any atom is 0.124 e. The van der Waals surface area contributed by atoms with Crippen molar-refractivity contribution in [3.05, 3.63) is 53.5 Å². The molecule has 2 unspecified atom stereocenters. The first-order chi connectivity index (χ1) is 9.92. The molecule has 4 rings (SSSR count). The van der Waals surface area contributed by atoms with E-state index in [-0.39, 0.29) is 0 Å². The molecular formula is C17H19NO2. The highest BCUT2D eigenvalue weighted by molar-refractivity contribution is 5.38. The molecule has 0 fully saturated rings. The Kier molecular flexibility index (Phi) is 3.00. The van der Waals surface area contributed by atoms with Crippen LogP contribution >= 0.6 is 0 Å². The van der Waals surface area contributed by atoms with Crippen molar-refractivity contribution in [3.63, 3.8) is 0 Å². The number of hydrogen-bond acceptors (Lipinski definition) is 3. The molecule has 1 N–H and O–H groups in total. The number of hydrogen-bond donors (Lipinski definition) is 1. The third-order valence-electron chi connectivity index (χ3n) is 4.41. The van der Waals surface area contributed by atoms with E-state index in [1.165, 1.54) is 24.0 Å². The van der Waals surface area contributed by atoms with Crippen LogP contribution in [0.5, 0.6) is 5.75 Å². The maximum absolute atomic E-state index is 5.74. The van der Waals surface area contributed by atoms with Crippen molar-refractivity contribution in [2.75, 3.05) is 6.61 Å². The average molecular weight is 269 g/mol. The molecule has 2 atom stereocenters. The van der Waals surface area contributed by atoms with E-state index >= 15 is 0 Å². The molecule has 0 saturated carbocycles. The number of benzene rings is 1. The van der Waals surface area contributed by atoms with Crippen molar-refractivity contribution >= 4 is 0 Å². The zero-order chi connectivity index (χ0) is 13.4. The molecule has 1 aromatic heterocycles. The van der Waals surface area contributed by atoms with E-state index in [4.69, 9.17) is 9.15 Å². The number of aryl methyl sites for hydroxylation is 1. The van der Waals surface area contributed by atoms with Crippen molar-refractivity contribution in [1.29, 1.82) is 0 Å². The lowest BCUT2D eigenvalue weighted by molar-refractivity contribution is 0.239. The van der Waals surface area contributed by atoms with Gasteiger partial charge < -0.3 is 14.5 Å². The number of rotatable bonds is 2. The van der Waals surface area contributed by atoms with Crippen LogP contribution in [0.25, 0.3) is 0 Å². The quantitative estimate of drug-likeness (QED) is 0.901. The summed E-state index contributed by atoms with van der Waals surface area (Å²) >= 11 is 0. The second-order valence-corrected chi connectivity index (χ2v) is 5.64. The van der Waals surface area contributed by atoms with Crippen LogP contribution in [-0.4, -0.2) is 6.61 Å². The number of nitrogens with one attached hydrogen (secondary N) is 1. The van der Waals surface area contributed by atoms with Gasteiger partial charge in [0.05, 0.1) is 12.9 Å². The summed E-state index contributed by atoms with van der Waals surface area (Å²) < 4.78 is 11.3. The van der Waals surface area contributed by atoms with E-state index in [9.17, 15) is 0 Å². The van der Waals surface area contributed by atoms with Crippen LogP contribution in [0.15, 0.2) is 41.0 Å². The Morgan fingerprint density at radius 2 is 1.90 bits per heavy atom. The zero-order valence-electron chi connectivity index (χ0n) is 11.5.